The molecule has 7 rings (SSSR count). The number of hydrogen-bond acceptors (Lipinski definition) is 1. The molecule has 0 spiro atoms. The van der Waals surface area contributed by atoms with E-state index in [1.54, 1.807) is 0 Å². The summed E-state index contributed by atoms with van der Waals surface area (Å²) in [5, 5.41) is 2.51. The van der Waals surface area contributed by atoms with Gasteiger partial charge in [0.15, 0.2) is 0 Å². The maximum absolute atomic E-state index is 2.42. The molecule has 0 saturated heterocycles. The van der Waals surface area contributed by atoms with Crippen molar-refractivity contribution in [3.63, 3.8) is 0 Å². The summed E-state index contributed by atoms with van der Waals surface area (Å²) in [6, 6.07) is 54.3. The van der Waals surface area contributed by atoms with Crippen LogP contribution < -0.4 is 4.90 Å². The van der Waals surface area contributed by atoms with Crippen molar-refractivity contribution >= 4 is 33.2 Å². The molecule has 0 amide bonds. The van der Waals surface area contributed by atoms with Crippen molar-refractivity contribution in [2.75, 3.05) is 11.9 Å². The third-order valence-corrected chi connectivity index (χ3v) is 7.58. The molecule has 0 bridgehead atoms. The number of hydrogen-bond donors (Lipinski definition) is 0. The second kappa shape index (κ2) is 9.66. The molecule has 0 aliphatic rings. The molecule has 1 aromatic heterocycles. The first-order valence-corrected chi connectivity index (χ1v) is 13.3. The van der Waals surface area contributed by atoms with Crippen LogP contribution in [0.1, 0.15) is 0 Å². The maximum Gasteiger partial charge on any atom is 0.0561 e. The van der Waals surface area contributed by atoms with E-state index >= 15 is 0 Å². The van der Waals surface area contributed by atoms with E-state index < -0.39 is 0 Å². The highest BCUT2D eigenvalue weighted by Crippen LogP contribution is 2.38. The Balaban J connectivity index is 1.50. The average molecular weight is 501 g/mol. The molecule has 0 unspecified atom stereocenters. The highest BCUT2D eigenvalue weighted by molar-refractivity contribution is 6.10. The van der Waals surface area contributed by atoms with Gasteiger partial charge in [0.2, 0.25) is 0 Å². The summed E-state index contributed by atoms with van der Waals surface area (Å²) in [7, 11) is 2.13. The van der Waals surface area contributed by atoms with E-state index in [1.807, 2.05) is 0 Å². The van der Waals surface area contributed by atoms with E-state index in [0.717, 1.165) is 17.1 Å². The van der Waals surface area contributed by atoms with Crippen molar-refractivity contribution < 1.29 is 0 Å². The molecular weight excluding hydrogens is 472 g/mol. The number of benzene rings is 6. The van der Waals surface area contributed by atoms with Gasteiger partial charge in [0.05, 0.1) is 11.0 Å². The van der Waals surface area contributed by atoms with Crippen molar-refractivity contribution in [1.29, 1.82) is 0 Å². The Morgan fingerprint density at radius 2 is 0.949 bits per heavy atom. The predicted octanol–water partition coefficient (Wildman–Crippen LogP) is 9.89. The number of aromatic nitrogens is 1. The number of anilines is 2. The Morgan fingerprint density at radius 3 is 1.59 bits per heavy atom. The summed E-state index contributed by atoms with van der Waals surface area (Å²) in [6.07, 6.45) is 0. The molecule has 0 radical (unpaired) electrons. The lowest BCUT2D eigenvalue weighted by Gasteiger charge is -2.20. The molecule has 39 heavy (non-hydrogen) atoms. The minimum absolute atomic E-state index is 1.15. The second-order valence-corrected chi connectivity index (χ2v) is 9.95. The molecule has 7 aromatic rings. The lowest BCUT2D eigenvalue weighted by molar-refractivity contribution is 1.17. The first-order valence-electron chi connectivity index (χ1n) is 13.3. The molecule has 0 atom stereocenters. The van der Waals surface area contributed by atoms with Gasteiger partial charge in [0.1, 0.15) is 0 Å². The molecule has 6 aromatic carbocycles. The summed E-state index contributed by atoms with van der Waals surface area (Å²) < 4.78 is 2.42. The highest BCUT2D eigenvalue weighted by Gasteiger charge is 2.16. The van der Waals surface area contributed by atoms with Crippen LogP contribution in [0.5, 0.6) is 0 Å². The van der Waals surface area contributed by atoms with Gasteiger partial charge in [-0.15, -0.1) is 0 Å². The zero-order valence-electron chi connectivity index (χ0n) is 21.8. The van der Waals surface area contributed by atoms with Gasteiger partial charge in [-0.05, 0) is 70.8 Å². The van der Waals surface area contributed by atoms with Crippen LogP contribution in [0.3, 0.4) is 0 Å². The normalized spacial score (nSPS) is 11.2. The molecule has 0 aliphatic carbocycles. The smallest absolute Gasteiger partial charge is 0.0561 e. The van der Waals surface area contributed by atoms with E-state index in [1.165, 1.54) is 44.1 Å². The lowest BCUT2D eigenvalue weighted by Crippen LogP contribution is -2.09. The van der Waals surface area contributed by atoms with Crippen molar-refractivity contribution in [2.45, 2.75) is 0 Å². The summed E-state index contributed by atoms with van der Waals surface area (Å²) in [5.41, 5.74) is 10.7. The molecule has 2 heteroatoms. The number of fused-ring (bicyclic) bond motifs is 3. The van der Waals surface area contributed by atoms with Crippen molar-refractivity contribution in [3.8, 4) is 27.9 Å². The number of para-hydroxylation sites is 2. The molecular formula is C37H28N2. The van der Waals surface area contributed by atoms with Gasteiger partial charge in [-0.3, -0.25) is 0 Å². The quantitative estimate of drug-likeness (QED) is 0.228. The monoisotopic (exact) mass is 500 g/mol. The SMILES string of the molecule is CN(c1ccccc1)c1ccc2c3ccccc3n(-c3cc(-c4ccccc4)cc(-c4ccccc4)c3)c2c1. The van der Waals surface area contributed by atoms with E-state index in [9.17, 15) is 0 Å². The molecule has 0 saturated carbocycles. The van der Waals surface area contributed by atoms with Crippen LogP contribution in [0, 0.1) is 0 Å². The van der Waals surface area contributed by atoms with Gasteiger partial charge in [-0.2, -0.15) is 0 Å². The fourth-order valence-electron chi connectivity index (χ4n) is 5.58. The molecule has 2 nitrogen and oxygen atoms in total. The van der Waals surface area contributed by atoms with Crippen LogP contribution >= 0.6 is 0 Å². The number of nitrogens with zero attached hydrogens (tertiary/aromatic N) is 2. The van der Waals surface area contributed by atoms with Gasteiger partial charge in [0.25, 0.3) is 0 Å². The summed E-state index contributed by atoms with van der Waals surface area (Å²) in [6.45, 7) is 0. The zero-order chi connectivity index (χ0) is 26.2. The van der Waals surface area contributed by atoms with Gasteiger partial charge in [-0.25, -0.2) is 0 Å². The molecule has 1 heterocycles. The van der Waals surface area contributed by atoms with Gasteiger partial charge >= 0.3 is 0 Å². The second-order valence-electron chi connectivity index (χ2n) is 9.95. The van der Waals surface area contributed by atoms with Gasteiger partial charge in [-0.1, -0.05) is 103 Å². The van der Waals surface area contributed by atoms with Crippen molar-refractivity contribution in [2.24, 2.45) is 0 Å². The third kappa shape index (κ3) is 4.17. The van der Waals surface area contributed by atoms with Crippen molar-refractivity contribution in [1.82, 2.24) is 4.57 Å². The van der Waals surface area contributed by atoms with Crippen LogP contribution in [0.2, 0.25) is 0 Å². The molecule has 186 valence electrons. The van der Waals surface area contributed by atoms with Crippen LogP contribution in [0.25, 0.3) is 49.7 Å². The van der Waals surface area contributed by atoms with Crippen LogP contribution in [0.4, 0.5) is 11.4 Å². The van der Waals surface area contributed by atoms with E-state index in [2.05, 4.69) is 168 Å². The van der Waals surface area contributed by atoms with Gasteiger partial charge in [0, 0.05) is 34.9 Å². The largest absolute Gasteiger partial charge is 0.345 e. The Kier molecular flexibility index (Phi) is 5.71. The third-order valence-electron chi connectivity index (χ3n) is 7.58. The fourth-order valence-corrected chi connectivity index (χ4v) is 5.58. The first kappa shape index (κ1) is 23.1. The molecule has 0 aliphatic heterocycles. The first-order chi connectivity index (χ1) is 19.3. The molecule has 0 N–H and O–H groups in total. The van der Waals surface area contributed by atoms with E-state index in [0.29, 0.717) is 0 Å². The van der Waals surface area contributed by atoms with E-state index in [4.69, 9.17) is 0 Å². The Morgan fingerprint density at radius 1 is 0.410 bits per heavy atom. The fraction of sp³-hybridized carbons (Fsp3) is 0.0270. The van der Waals surface area contributed by atoms with E-state index in [-0.39, 0.29) is 0 Å². The topological polar surface area (TPSA) is 8.17 Å². The summed E-state index contributed by atoms with van der Waals surface area (Å²) in [5.74, 6) is 0. The minimum Gasteiger partial charge on any atom is -0.345 e. The summed E-state index contributed by atoms with van der Waals surface area (Å²) >= 11 is 0. The zero-order valence-corrected chi connectivity index (χ0v) is 21.8. The van der Waals surface area contributed by atoms with Crippen LogP contribution in [-0.4, -0.2) is 11.6 Å². The van der Waals surface area contributed by atoms with Crippen LogP contribution in [-0.2, 0) is 0 Å². The number of rotatable bonds is 5. The standard InChI is InChI=1S/C37H28N2/c1-38(31-17-9-4-10-18-31)32-21-22-35-34-19-11-12-20-36(34)39(37(35)26-32)33-24-29(27-13-5-2-6-14-27)23-30(25-33)28-15-7-3-8-16-28/h2-26H,1H3. The maximum atomic E-state index is 2.42. The average Bonchev–Trinajstić information content (AvgIpc) is 3.35. The lowest BCUT2D eigenvalue weighted by atomic mass is 9.98. The Hall–Kier alpha value is -5.08. The van der Waals surface area contributed by atoms with Gasteiger partial charge < -0.3 is 9.47 Å². The van der Waals surface area contributed by atoms with Crippen molar-refractivity contribution in [3.05, 3.63) is 152 Å². The Bertz CT molecular complexity index is 1840. The minimum atomic E-state index is 1.15. The molecule has 0 fully saturated rings. The summed E-state index contributed by atoms with van der Waals surface area (Å²) in [4.78, 5) is 2.25. The van der Waals surface area contributed by atoms with Crippen LogP contribution in [0.15, 0.2) is 152 Å². The Labute approximate surface area is 229 Å². The highest BCUT2D eigenvalue weighted by atomic mass is 15.1. The predicted molar refractivity (Wildman–Crippen MR) is 166 cm³/mol.